The van der Waals surface area contributed by atoms with Crippen LogP contribution < -0.4 is 0 Å². The van der Waals surface area contributed by atoms with Crippen LogP contribution >= 0.6 is 0 Å². The van der Waals surface area contributed by atoms with Crippen molar-refractivity contribution in [2.75, 3.05) is 0 Å². The van der Waals surface area contributed by atoms with Crippen molar-refractivity contribution >= 4 is 0 Å². The highest BCUT2D eigenvalue weighted by atomic mass is 16.3. The summed E-state index contributed by atoms with van der Waals surface area (Å²) in [6.07, 6.45) is 10.7. The quantitative estimate of drug-likeness (QED) is 0.714. The molecule has 0 aromatic heterocycles. The second kappa shape index (κ2) is 4.71. The highest BCUT2D eigenvalue weighted by molar-refractivity contribution is 5.11. The van der Waals surface area contributed by atoms with Crippen LogP contribution in [0.15, 0.2) is 0 Å². The monoisotopic (exact) mass is 292 g/mol. The summed E-state index contributed by atoms with van der Waals surface area (Å²) in [7, 11) is 0. The van der Waals surface area contributed by atoms with Crippen LogP contribution in [0.4, 0.5) is 0 Å². The van der Waals surface area contributed by atoms with E-state index in [1.165, 1.54) is 38.5 Å². The highest BCUT2D eigenvalue weighted by Gasteiger charge is 2.62. The van der Waals surface area contributed by atoms with E-state index in [9.17, 15) is 10.2 Å². The van der Waals surface area contributed by atoms with Gasteiger partial charge in [-0.2, -0.15) is 0 Å². The van der Waals surface area contributed by atoms with Crippen molar-refractivity contribution in [3.63, 3.8) is 0 Å². The van der Waals surface area contributed by atoms with Crippen LogP contribution in [0.2, 0.25) is 0 Å². The summed E-state index contributed by atoms with van der Waals surface area (Å²) in [6.45, 7) is 4.79. The van der Waals surface area contributed by atoms with Gasteiger partial charge in [0.25, 0.3) is 0 Å². The average molecular weight is 292 g/mol. The molecule has 4 fully saturated rings. The molecule has 0 heterocycles. The first-order valence-corrected chi connectivity index (χ1v) is 9.33. The summed E-state index contributed by atoms with van der Waals surface area (Å²) < 4.78 is 0. The van der Waals surface area contributed by atoms with E-state index in [2.05, 4.69) is 13.8 Å². The summed E-state index contributed by atoms with van der Waals surface area (Å²) >= 11 is 0. The van der Waals surface area contributed by atoms with E-state index in [1.54, 1.807) is 0 Å². The van der Waals surface area contributed by atoms with Crippen molar-refractivity contribution in [2.45, 2.75) is 83.8 Å². The Morgan fingerprint density at radius 2 is 1.57 bits per heavy atom. The topological polar surface area (TPSA) is 40.5 Å². The van der Waals surface area contributed by atoms with Crippen molar-refractivity contribution < 1.29 is 10.2 Å². The third kappa shape index (κ3) is 1.84. The Balaban J connectivity index is 1.72. The van der Waals surface area contributed by atoms with Crippen molar-refractivity contribution in [1.82, 2.24) is 0 Å². The molecule has 4 aliphatic rings. The van der Waals surface area contributed by atoms with E-state index in [4.69, 9.17) is 0 Å². The molecule has 21 heavy (non-hydrogen) atoms. The predicted molar refractivity (Wildman–Crippen MR) is 83.7 cm³/mol. The number of rotatable bonds is 0. The molecular formula is C19H32O2. The van der Waals surface area contributed by atoms with Crippen LogP contribution in [-0.4, -0.2) is 22.4 Å². The minimum atomic E-state index is -0.143. The molecule has 0 bridgehead atoms. The molecular weight excluding hydrogens is 260 g/mol. The zero-order valence-corrected chi connectivity index (χ0v) is 13.7. The first kappa shape index (κ1) is 14.5. The second-order valence-corrected chi connectivity index (χ2v) is 9.19. The van der Waals surface area contributed by atoms with Crippen LogP contribution in [0.25, 0.3) is 0 Å². The number of aliphatic hydroxyl groups is 2. The smallest absolute Gasteiger partial charge is 0.0599 e. The molecule has 0 aromatic rings. The fourth-order valence-corrected chi connectivity index (χ4v) is 7.21. The fourth-order valence-electron chi connectivity index (χ4n) is 7.21. The van der Waals surface area contributed by atoms with Crippen LogP contribution in [0.3, 0.4) is 0 Å². The summed E-state index contributed by atoms with van der Waals surface area (Å²) in [6, 6.07) is 0. The molecule has 4 saturated carbocycles. The minimum absolute atomic E-state index is 0.0833. The second-order valence-electron chi connectivity index (χ2n) is 9.19. The molecule has 4 aliphatic carbocycles. The molecule has 0 aliphatic heterocycles. The molecule has 2 nitrogen and oxygen atoms in total. The Morgan fingerprint density at radius 3 is 2.38 bits per heavy atom. The van der Waals surface area contributed by atoms with Gasteiger partial charge >= 0.3 is 0 Å². The van der Waals surface area contributed by atoms with Gasteiger partial charge in [-0.25, -0.2) is 0 Å². The SMILES string of the molecule is C[C@]12CCCC[C@@H]1C[C@@H](O)[C@@H]1[C@@H]2C[C@H](O)[C@]2(C)CCC[C@@H]12. The van der Waals surface area contributed by atoms with Gasteiger partial charge in [0, 0.05) is 0 Å². The molecule has 0 radical (unpaired) electrons. The van der Waals surface area contributed by atoms with Crippen LogP contribution in [0, 0.1) is 34.5 Å². The molecule has 0 saturated heterocycles. The lowest BCUT2D eigenvalue weighted by molar-refractivity contribution is -0.190. The van der Waals surface area contributed by atoms with E-state index in [0.29, 0.717) is 29.1 Å². The zero-order chi connectivity index (χ0) is 14.8. The number of hydrogen-bond acceptors (Lipinski definition) is 2. The Kier molecular flexibility index (Phi) is 3.25. The number of fused-ring (bicyclic) bond motifs is 5. The Labute approximate surface area is 129 Å². The van der Waals surface area contributed by atoms with E-state index >= 15 is 0 Å². The van der Waals surface area contributed by atoms with Crippen molar-refractivity contribution in [1.29, 1.82) is 0 Å². The molecule has 2 N–H and O–H groups in total. The Morgan fingerprint density at radius 1 is 0.810 bits per heavy atom. The lowest BCUT2D eigenvalue weighted by atomic mass is 9.44. The minimum Gasteiger partial charge on any atom is -0.393 e. The van der Waals surface area contributed by atoms with Gasteiger partial charge in [-0.15, -0.1) is 0 Å². The fraction of sp³-hybridized carbons (Fsp3) is 1.00. The third-order valence-corrected chi connectivity index (χ3v) is 8.51. The summed E-state index contributed by atoms with van der Waals surface area (Å²) in [5.41, 5.74) is 0.465. The van der Waals surface area contributed by atoms with Gasteiger partial charge in [-0.05, 0) is 73.0 Å². The average Bonchev–Trinajstić information content (AvgIpc) is 2.84. The normalized spacial score (nSPS) is 60.0. The van der Waals surface area contributed by atoms with Crippen molar-refractivity contribution in [3.05, 3.63) is 0 Å². The summed E-state index contributed by atoms with van der Waals surface area (Å²) in [5, 5.41) is 21.8. The van der Waals surface area contributed by atoms with Crippen molar-refractivity contribution in [2.24, 2.45) is 34.5 Å². The van der Waals surface area contributed by atoms with E-state index < -0.39 is 0 Å². The lowest BCUT2D eigenvalue weighted by Crippen LogP contribution is -2.60. The van der Waals surface area contributed by atoms with Crippen LogP contribution in [0.5, 0.6) is 0 Å². The maximum absolute atomic E-state index is 10.9. The zero-order valence-electron chi connectivity index (χ0n) is 13.7. The maximum Gasteiger partial charge on any atom is 0.0599 e. The maximum atomic E-state index is 10.9. The van der Waals surface area contributed by atoms with Gasteiger partial charge in [-0.3, -0.25) is 0 Å². The molecule has 2 heteroatoms. The predicted octanol–water partition coefficient (Wildman–Crippen LogP) is 3.75. The first-order chi connectivity index (χ1) is 9.97. The van der Waals surface area contributed by atoms with Crippen LogP contribution in [0.1, 0.15) is 71.6 Å². The number of aliphatic hydroxyl groups excluding tert-OH is 2. The molecule has 4 rings (SSSR count). The largest absolute Gasteiger partial charge is 0.393 e. The van der Waals surface area contributed by atoms with Crippen molar-refractivity contribution in [3.8, 4) is 0 Å². The van der Waals surface area contributed by atoms with E-state index in [1.807, 2.05) is 0 Å². The van der Waals surface area contributed by atoms with Crippen LogP contribution in [-0.2, 0) is 0 Å². The van der Waals surface area contributed by atoms with Gasteiger partial charge in [-0.1, -0.05) is 33.1 Å². The summed E-state index contributed by atoms with van der Waals surface area (Å²) in [5.74, 6) is 2.26. The van der Waals surface area contributed by atoms with E-state index in [0.717, 1.165) is 19.3 Å². The molecule has 0 unspecified atom stereocenters. The lowest BCUT2D eigenvalue weighted by Gasteiger charge is -2.62. The molecule has 120 valence electrons. The summed E-state index contributed by atoms with van der Waals surface area (Å²) in [4.78, 5) is 0. The Hall–Kier alpha value is -0.0800. The molecule has 0 aromatic carbocycles. The standard InChI is InChI=1S/C19H32O2/c1-18-8-4-3-6-12(18)10-15(20)17-13-7-5-9-19(13,2)16(21)11-14(17)18/h12-17,20-21H,3-11H2,1-2H3/t12-,13+,14+,15-,16+,17+,18+,19-/m1/s1. The first-order valence-electron chi connectivity index (χ1n) is 9.33. The molecule has 0 amide bonds. The van der Waals surface area contributed by atoms with Gasteiger partial charge in [0.1, 0.15) is 0 Å². The third-order valence-electron chi connectivity index (χ3n) is 8.51. The molecule has 8 atom stereocenters. The van der Waals surface area contributed by atoms with Gasteiger partial charge < -0.3 is 10.2 Å². The number of hydrogen-bond donors (Lipinski definition) is 2. The molecule has 0 spiro atoms. The highest BCUT2D eigenvalue weighted by Crippen LogP contribution is 2.66. The Bertz CT molecular complexity index is 422. The van der Waals surface area contributed by atoms with Gasteiger partial charge in [0.2, 0.25) is 0 Å². The van der Waals surface area contributed by atoms with Gasteiger partial charge in [0.05, 0.1) is 12.2 Å². The van der Waals surface area contributed by atoms with Gasteiger partial charge in [0.15, 0.2) is 0 Å². The van der Waals surface area contributed by atoms with E-state index in [-0.39, 0.29) is 17.6 Å².